The average Bonchev–Trinajstić information content (AvgIpc) is 2.41. The SMILES string of the molecule is CC(C)(C)C1CCC(=O)N(CCCCBr)CC1. The highest BCUT2D eigenvalue weighted by Crippen LogP contribution is 2.34. The van der Waals surface area contributed by atoms with Gasteiger partial charge in [0, 0.05) is 24.8 Å². The Hall–Kier alpha value is -0.0500. The summed E-state index contributed by atoms with van der Waals surface area (Å²) in [6, 6.07) is 0. The molecule has 0 aliphatic carbocycles. The molecule has 1 fully saturated rings. The fraction of sp³-hybridized carbons (Fsp3) is 0.929. The first-order valence-electron chi connectivity index (χ1n) is 6.79. The van der Waals surface area contributed by atoms with Crippen molar-refractivity contribution in [3.63, 3.8) is 0 Å². The molecular formula is C14H26BrNO. The van der Waals surface area contributed by atoms with E-state index in [9.17, 15) is 4.79 Å². The van der Waals surface area contributed by atoms with Gasteiger partial charge in [-0.1, -0.05) is 36.7 Å². The summed E-state index contributed by atoms with van der Waals surface area (Å²) in [6.45, 7) is 8.79. The molecule has 1 saturated heterocycles. The molecule has 1 amide bonds. The van der Waals surface area contributed by atoms with Gasteiger partial charge in [0.15, 0.2) is 0 Å². The Balaban J connectivity index is 2.46. The van der Waals surface area contributed by atoms with Crippen LogP contribution in [0.1, 0.15) is 52.9 Å². The van der Waals surface area contributed by atoms with Gasteiger partial charge in [0.05, 0.1) is 0 Å². The molecule has 3 heteroatoms. The highest BCUT2D eigenvalue weighted by molar-refractivity contribution is 9.09. The van der Waals surface area contributed by atoms with Crippen LogP contribution in [-0.4, -0.2) is 29.2 Å². The maximum absolute atomic E-state index is 12.0. The van der Waals surface area contributed by atoms with Crippen molar-refractivity contribution >= 4 is 21.8 Å². The molecule has 0 radical (unpaired) electrons. The molecule has 1 atom stereocenters. The quantitative estimate of drug-likeness (QED) is 0.571. The molecule has 1 rings (SSSR count). The Bertz CT molecular complexity index is 247. The molecular weight excluding hydrogens is 278 g/mol. The zero-order valence-corrected chi connectivity index (χ0v) is 13.1. The molecule has 100 valence electrons. The Kier molecular flexibility index (Phi) is 5.98. The van der Waals surface area contributed by atoms with E-state index in [1.807, 2.05) is 0 Å². The van der Waals surface area contributed by atoms with Gasteiger partial charge in [-0.25, -0.2) is 0 Å². The summed E-state index contributed by atoms with van der Waals surface area (Å²) in [7, 11) is 0. The smallest absolute Gasteiger partial charge is 0.222 e. The van der Waals surface area contributed by atoms with Gasteiger partial charge in [-0.05, 0) is 37.0 Å². The van der Waals surface area contributed by atoms with E-state index in [2.05, 4.69) is 41.6 Å². The largest absolute Gasteiger partial charge is 0.343 e. The van der Waals surface area contributed by atoms with Gasteiger partial charge >= 0.3 is 0 Å². The summed E-state index contributed by atoms with van der Waals surface area (Å²) in [6.07, 6.45) is 5.26. The van der Waals surface area contributed by atoms with Crippen LogP contribution < -0.4 is 0 Å². The van der Waals surface area contributed by atoms with Crippen LogP contribution in [0.15, 0.2) is 0 Å². The molecule has 0 aromatic heterocycles. The molecule has 1 aliphatic rings. The number of rotatable bonds is 4. The third-order valence-electron chi connectivity index (χ3n) is 3.84. The number of likely N-dealkylation sites (tertiary alicyclic amines) is 1. The third-order valence-corrected chi connectivity index (χ3v) is 4.40. The topological polar surface area (TPSA) is 20.3 Å². The molecule has 0 bridgehead atoms. The van der Waals surface area contributed by atoms with Crippen LogP contribution in [0.4, 0.5) is 0 Å². The molecule has 0 aromatic rings. The fourth-order valence-electron chi connectivity index (χ4n) is 2.54. The number of halogens is 1. The van der Waals surface area contributed by atoms with Crippen molar-refractivity contribution in [3.8, 4) is 0 Å². The Morgan fingerprint density at radius 2 is 2.00 bits per heavy atom. The molecule has 1 unspecified atom stereocenters. The van der Waals surface area contributed by atoms with Crippen LogP contribution in [0.2, 0.25) is 0 Å². The summed E-state index contributed by atoms with van der Waals surface area (Å²) < 4.78 is 0. The lowest BCUT2D eigenvalue weighted by Crippen LogP contribution is -2.31. The summed E-state index contributed by atoms with van der Waals surface area (Å²) in [5.41, 5.74) is 0.339. The van der Waals surface area contributed by atoms with Gasteiger partial charge < -0.3 is 4.90 Å². The minimum atomic E-state index is 0.339. The lowest BCUT2D eigenvalue weighted by Gasteiger charge is -2.29. The second kappa shape index (κ2) is 6.77. The highest BCUT2D eigenvalue weighted by atomic mass is 79.9. The zero-order valence-electron chi connectivity index (χ0n) is 11.5. The molecule has 0 aromatic carbocycles. The summed E-state index contributed by atoms with van der Waals surface area (Å²) >= 11 is 3.44. The summed E-state index contributed by atoms with van der Waals surface area (Å²) in [4.78, 5) is 14.1. The monoisotopic (exact) mass is 303 g/mol. The van der Waals surface area contributed by atoms with E-state index >= 15 is 0 Å². The van der Waals surface area contributed by atoms with Crippen LogP contribution in [0.25, 0.3) is 0 Å². The van der Waals surface area contributed by atoms with E-state index < -0.39 is 0 Å². The first kappa shape index (κ1) is 15.0. The van der Waals surface area contributed by atoms with Gasteiger partial charge in [-0.3, -0.25) is 4.79 Å². The second-order valence-electron chi connectivity index (χ2n) is 6.17. The van der Waals surface area contributed by atoms with Crippen molar-refractivity contribution in [1.29, 1.82) is 0 Å². The van der Waals surface area contributed by atoms with E-state index in [0.29, 0.717) is 17.2 Å². The van der Waals surface area contributed by atoms with E-state index in [1.54, 1.807) is 0 Å². The number of hydrogen-bond donors (Lipinski definition) is 0. The number of unbranched alkanes of at least 4 members (excludes halogenated alkanes) is 1. The molecule has 1 aliphatic heterocycles. The second-order valence-corrected chi connectivity index (χ2v) is 6.96. The molecule has 0 N–H and O–H groups in total. The van der Waals surface area contributed by atoms with Crippen molar-refractivity contribution in [3.05, 3.63) is 0 Å². The van der Waals surface area contributed by atoms with Crippen LogP contribution in [0, 0.1) is 11.3 Å². The van der Waals surface area contributed by atoms with Crippen molar-refractivity contribution in [2.24, 2.45) is 11.3 Å². The van der Waals surface area contributed by atoms with Gasteiger partial charge in [-0.15, -0.1) is 0 Å². The van der Waals surface area contributed by atoms with Crippen LogP contribution in [0.3, 0.4) is 0 Å². The molecule has 2 nitrogen and oxygen atoms in total. The number of carbonyl (C=O) groups excluding carboxylic acids is 1. The van der Waals surface area contributed by atoms with Crippen LogP contribution >= 0.6 is 15.9 Å². The number of hydrogen-bond acceptors (Lipinski definition) is 1. The van der Waals surface area contributed by atoms with Crippen molar-refractivity contribution < 1.29 is 4.79 Å². The maximum Gasteiger partial charge on any atom is 0.222 e. The van der Waals surface area contributed by atoms with Gasteiger partial charge in [-0.2, -0.15) is 0 Å². The number of nitrogens with zero attached hydrogens (tertiary/aromatic N) is 1. The number of carbonyl (C=O) groups is 1. The normalized spacial score (nSPS) is 22.7. The molecule has 1 heterocycles. The van der Waals surface area contributed by atoms with Gasteiger partial charge in [0.1, 0.15) is 0 Å². The highest BCUT2D eigenvalue weighted by Gasteiger charge is 2.29. The Morgan fingerprint density at radius 1 is 1.29 bits per heavy atom. The first-order chi connectivity index (χ1) is 7.95. The third kappa shape index (κ3) is 4.99. The predicted molar refractivity (Wildman–Crippen MR) is 76.4 cm³/mol. The van der Waals surface area contributed by atoms with Crippen molar-refractivity contribution in [2.75, 3.05) is 18.4 Å². The average molecular weight is 304 g/mol. The number of alkyl halides is 1. The van der Waals surface area contributed by atoms with Gasteiger partial charge in [0.2, 0.25) is 5.91 Å². The zero-order chi connectivity index (χ0) is 12.9. The van der Waals surface area contributed by atoms with Crippen LogP contribution in [-0.2, 0) is 4.79 Å². The number of amides is 1. The van der Waals surface area contributed by atoms with E-state index in [1.165, 1.54) is 6.42 Å². The van der Waals surface area contributed by atoms with E-state index in [0.717, 1.165) is 44.1 Å². The Morgan fingerprint density at radius 3 is 2.59 bits per heavy atom. The maximum atomic E-state index is 12.0. The Labute approximate surface area is 114 Å². The fourth-order valence-corrected chi connectivity index (χ4v) is 2.93. The van der Waals surface area contributed by atoms with E-state index in [-0.39, 0.29) is 0 Å². The molecule has 0 saturated carbocycles. The minimum Gasteiger partial charge on any atom is -0.343 e. The predicted octanol–water partition coefficient (Wildman–Crippen LogP) is 3.84. The lowest BCUT2D eigenvalue weighted by atomic mass is 9.77. The summed E-state index contributed by atoms with van der Waals surface area (Å²) in [5, 5.41) is 1.04. The summed E-state index contributed by atoms with van der Waals surface area (Å²) in [5.74, 6) is 1.05. The van der Waals surface area contributed by atoms with Crippen molar-refractivity contribution in [2.45, 2.75) is 52.9 Å². The lowest BCUT2D eigenvalue weighted by molar-refractivity contribution is -0.130. The van der Waals surface area contributed by atoms with Crippen molar-refractivity contribution in [1.82, 2.24) is 4.90 Å². The molecule has 17 heavy (non-hydrogen) atoms. The van der Waals surface area contributed by atoms with Crippen LogP contribution in [0.5, 0.6) is 0 Å². The molecule has 0 spiro atoms. The minimum absolute atomic E-state index is 0.339. The standard InChI is InChI=1S/C14H26BrNO/c1-14(2,3)12-6-7-13(17)16(11-8-12)10-5-4-9-15/h12H,4-11H2,1-3H3. The van der Waals surface area contributed by atoms with Gasteiger partial charge in [0.25, 0.3) is 0 Å². The first-order valence-corrected chi connectivity index (χ1v) is 7.91. The van der Waals surface area contributed by atoms with E-state index in [4.69, 9.17) is 0 Å².